The molecule has 1 aliphatic rings. The predicted octanol–water partition coefficient (Wildman–Crippen LogP) is 4.80. The van der Waals surface area contributed by atoms with Crippen molar-refractivity contribution in [1.82, 2.24) is 0 Å². The van der Waals surface area contributed by atoms with E-state index >= 15 is 0 Å². The number of hydrogen-bond donors (Lipinski definition) is 0. The van der Waals surface area contributed by atoms with Crippen LogP contribution in [0.4, 0.5) is 0 Å². The molecule has 0 aliphatic heterocycles. The molecule has 23 heavy (non-hydrogen) atoms. The smallest absolute Gasteiger partial charge is 0.0780 e. The van der Waals surface area contributed by atoms with Gasteiger partial charge in [0.15, 0.2) is 0 Å². The van der Waals surface area contributed by atoms with E-state index in [1.165, 1.54) is 43.2 Å². The molecule has 0 saturated carbocycles. The molecular formula is C22H26Si. The van der Waals surface area contributed by atoms with E-state index in [-0.39, 0.29) is 9.52 Å². The highest BCUT2D eigenvalue weighted by atomic mass is 28.2. The second-order valence-corrected chi connectivity index (χ2v) is 8.56. The van der Waals surface area contributed by atoms with Gasteiger partial charge in [0, 0.05) is 0 Å². The fraction of sp³-hybridized carbons (Fsp3) is 0.273. The van der Waals surface area contributed by atoms with Crippen molar-refractivity contribution < 1.29 is 0 Å². The fourth-order valence-electron chi connectivity index (χ4n) is 3.41. The summed E-state index contributed by atoms with van der Waals surface area (Å²) in [6.07, 6.45) is 8.96. The molecular weight excluding hydrogens is 292 g/mol. The molecule has 2 aromatic carbocycles. The summed E-state index contributed by atoms with van der Waals surface area (Å²) in [5, 5.41) is 3.25. The standard InChI is InChI=1S/C22H26Si/c1-2-3-6-13-19-16-21(23-20-14-9-5-10-15-20)17-22(19)18-11-7-4-8-12-18/h4-5,7-12,14-15,17H,2-3,6,13,16,23H2,1H3. The van der Waals surface area contributed by atoms with Crippen molar-refractivity contribution in [3.8, 4) is 0 Å². The first kappa shape index (κ1) is 16.0. The molecule has 0 spiro atoms. The van der Waals surface area contributed by atoms with Crippen molar-refractivity contribution in [3.63, 3.8) is 0 Å². The van der Waals surface area contributed by atoms with Crippen LogP contribution in [-0.4, -0.2) is 9.52 Å². The second kappa shape index (κ2) is 8.12. The molecule has 1 aliphatic carbocycles. The fourth-order valence-corrected chi connectivity index (χ4v) is 5.18. The molecule has 2 aromatic rings. The Balaban J connectivity index is 1.79. The third-order valence-corrected chi connectivity index (χ3v) is 6.40. The van der Waals surface area contributed by atoms with Gasteiger partial charge in [0.2, 0.25) is 0 Å². The van der Waals surface area contributed by atoms with E-state index in [0.29, 0.717) is 0 Å². The van der Waals surface area contributed by atoms with Gasteiger partial charge in [-0.05, 0) is 30.4 Å². The maximum atomic E-state index is 2.51. The summed E-state index contributed by atoms with van der Waals surface area (Å²) in [5.74, 6) is 0. The first-order chi connectivity index (χ1) is 11.4. The molecule has 0 unspecified atom stereocenters. The molecule has 0 heterocycles. The Kier molecular flexibility index (Phi) is 5.65. The van der Waals surface area contributed by atoms with Gasteiger partial charge in [-0.2, -0.15) is 0 Å². The molecule has 0 amide bonds. The van der Waals surface area contributed by atoms with Crippen LogP contribution in [0.1, 0.15) is 44.6 Å². The maximum absolute atomic E-state index is 2.51. The van der Waals surface area contributed by atoms with E-state index in [2.05, 4.69) is 73.7 Å². The summed E-state index contributed by atoms with van der Waals surface area (Å²) in [6.45, 7) is 2.28. The predicted molar refractivity (Wildman–Crippen MR) is 105 cm³/mol. The van der Waals surface area contributed by atoms with Crippen LogP contribution >= 0.6 is 0 Å². The van der Waals surface area contributed by atoms with Crippen molar-refractivity contribution in [1.29, 1.82) is 0 Å². The van der Waals surface area contributed by atoms with Crippen LogP contribution in [0.3, 0.4) is 0 Å². The Labute approximate surface area is 142 Å². The number of benzene rings is 2. The van der Waals surface area contributed by atoms with E-state index in [1.807, 2.05) is 0 Å². The van der Waals surface area contributed by atoms with Gasteiger partial charge in [0.05, 0.1) is 9.52 Å². The Morgan fingerprint density at radius 2 is 1.57 bits per heavy atom. The second-order valence-electron chi connectivity index (χ2n) is 6.48. The molecule has 118 valence electrons. The number of unbranched alkanes of at least 4 members (excludes halogenated alkanes) is 2. The Morgan fingerprint density at radius 1 is 0.870 bits per heavy atom. The van der Waals surface area contributed by atoms with Crippen LogP contribution in [0.25, 0.3) is 5.57 Å². The molecule has 0 saturated heterocycles. The zero-order valence-electron chi connectivity index (χ0n) is 14.1. The van der Waals surface area contributed by atoms with E-state index in [4.69, 9.17) is 0 Å². The van der Waals surface area contributed by atoms with Gasteiger partial charge >= 0.3 is 0 Å². The lowest BCUT2D eigenvalue weighted by molar-refractivity contribution is 0.709. The van der Waals surface area contributed by atoms with E-state index < -0.39 is 0 Å². The largest absolute Gasteiger partial charge is 0.0828 e. The van der Waals surface area contributed by atoms with Crippen LogP contribution in [0.5, 0.6) is 0 Å². The summed E-state index contributed by atoms with van der Waals surface area (Å²) >= 11 is 0. The number of hydrogen-bond acceptors (Lipinski definition) is 0. The molecule has 0 aromatic heterocycles. The molecule has 0 bridgehead atoms. The van der Waals surface area contributed by atoms with Crippen molar-refractivity contribution in [2.24, 2.45) is 0 Å². The van der Waals surface area contributed by atoms with E-state index in [0.717, 1.165) is 0 Å². The van der Waals surface area contributed by atoms with Crippen LogP contribution in [0.2, 0.25) is 0 Å². The van der Waals surface area contributed by atoms with Gasteiger partial charge in [0.1, 0.15) is 0 Å². The molecule has 1 heteroatoms. The third-order valence-electron chi connectivity index (χ3n) is 4.61. The Morgan fingerprint density at radius 3 is 2.26 bits per heavy atom. The minimum atomic E-state index is -0.313. The summed E-state index contributed by atoms with van der Waals surface area (Å²) in [7, 11) is -0.313. The summed E-state index contributed by atoms with van der Waals surface area (Å²) < 4.78 is 0. The molecule has 0 N–H and O–H groups in total. The molecule has 3 rings (SSSR count). The van der Waals surface area contributed by atoms with Gasteiger partial charge in [-0.25, -0.2) is 0 Å². The first-order valence-corrected chi connectivity index (χ1v) is 10.3. The zero-order valence-corrected chi connectivity index (χ0v) is 15.5. The van der Waals surface area contributed by atoms with E-state index in [1.54, 1.807) is 16.0 Å². The van der Waals surface area contributed by atoms with Crippen molar-refractivity contribution in [2.75, 3.05) is 0 Å². The van der Waals surface area contributed by atoms with Crippen LogP contribution < -0.4 is 5.19 Å². The molecule has 0 atom stereocenters. The van der Waals surface area contributed by atoms with Crippen molar-refractivity contribution >= 4 is 20.3 Å². The monoisotopic (exact) mass is 318 g/mol. The highest BCUT2D eigenvalue weighted by molar-refractivity contribution is 6.61. The van der Waals surface area contributed by atoms with Gasteiger partial charge in [0.25, 0.3) is 0 Å². The average Bonchev–Trinajstić information content (AvgIpc) is 2.99. The highest BCUT2D eigenvalue weighted by Gasteiger charge is 2.17. The molecule has 0 fully saturated rings. The van der Waals surface area contributed by atoms with Crippen LogP contribution in [0, 0.1) is 0 Å². The lowest BCUT2D eigenvalue weighted by atomic mass is 9.98. The van der Waals surface area contributed by atoms with Crippen LogP contribution in [0.15, 0.2) is 77.5 Å². The Bertz CT molecular complexity index is 680. The summed E-state index contributed by atoms with van der Waals surface area (Å²) in [6, 6.07) is 22.0. The van der Waals surface area contributed by atoms with Gasteiger partial charge < -0.3 is 0 Å². The maximum Gasteiger partial charge on any atom is 0.0828 e. The van der Waals surface area contributed by atoms with Crippen molar-refractivity contribution in [2.45, 2.75) is 39.0 Å². The number of rotatable bonds is 7. The van der Waals surface area contributed by atoms with E-state index in [9.17, 15) is 0 Å². The van der Waals surface area contributed by atoms with Crippen LogP contribution in [-0.2, 0) is 0 Å². The highest BCUT2D eigenvalue weighted by Crippen LogP contribution is 2.34. The molecule has 0 radical (unpaired) electrons. The summed E-state index contributed by atoms with van der Waals surface area (Å²) in [4.78, 5) is 0. The minimum Gasteiger partial charge on any atom is -0.0780 e. The van der Waals surface area contributed by atoms with Gasteiger partial charge in [-0.1, -0.05) is 102 Å². The quantitative estimate of drug-likeness (QED) is 0.508. The summed E-state index contributed by atoms with van der Waals surface area (Å²) in [5.41, 5.74) is 4.58. The number of allylic oxidation sites excluding steroid dienone is 4. The topological polar surface area (TPSA) is 0 Å². The van der Waals surface area contributed by atoms with Gasteiger partial charge in [-0.15, -0.1) is 0 Å². The lowest BCUT2D eigenvalue weighted by Crippen LogP contribution is -2.15. The SMILES string of the molecule is CCCCCC1=C(c2ccccc2)C=C([SiH2]c2ccccc2)C1. The first-order valence-electron chi connectivity index (χ1n) is 8.87. The Hall–Kier alpha value is -1.86. The third kappa shape index (κ3) is 4.32. The van der Waals surface area contributed by atoms with Crippen molar-refractivity contribution in [3.05, 3.63) is 83.1 Å². The lowest BCUT2D eigenvalue weighted by Gasteiger charge is -2.08. The van der Waals surface area contributed by atoms with Gasteiger partial charge in [-0.3, -0.25) is 0 Å². The zero-order chi connectivity index (χ0) is 15.9. The average molecular weight is 319 g/mol. The normalized spacial score (nSPS) is 14.7. The minimum absolute atomic E-state index is 0.313. The molecule has 0 nitrogen and oxygen atoms in total.